The van der Waals surface area contributed by atoms with E-state index >= 15 is 0 Å². The first-order chi connectivity index (χ1) is 9.02. The maximum Gasteiger partial charge on any atom is 2.00 e. The van der Waals surface area contributed by atoms with E-state index in [1.54, 1.807) is 27.7 Å². The van der Waals surface area contributed by atoms with Gasteiger partial charge in [-0.25, -0.2) is 0 Å². The van der Waals surface area contributed by atoms with Crippen molar-refractivity contribution in [3.63, 3.8) is 0 Å². The Morgan fingerprint density at radius 2 is 1.14 bits per heavy atom. The summed E-state index contributed by atoms with van der Waals surface area (Å²) >= 11 is 0. The van der Waals surface area contributed by atoms with Gasteiger partial charge in [-0.1, -0.05) is 0 Å². The van der Waals surface area contributed by atoms with Crippen LogP contribution in [0.15, 0.2) is 0 Å². The van der Waals surface area contributed by atoms with Gasteiger partial charge >= 0.3 is 23.1 Å². The fraction of sp³-hybridized carbons (Fsp3) is 0.833. The summed E-state index contributed by atoms with van der Waals surface area (Å²) in [7, 11) is 0. The topological polar surface area (TPSA) is 117 Å². The van der Waals surface area contributed by atoms with Gasteiger partial charge in [0.25, 0.3) is 0 Å². The van der Waals surface area contributed by atoms with Crippen LogP contribution in [-0.2, 0) is 28.5 Å². The molecular formula is C12H18MgO8. The molecule has 8 nitrogen and oxygen atoms in total. The third-order valence-electron chi connectivity index (χ3n) is 2.54. The Morgan fingerprint density at radius 1 is 0.857 bits per heavy atom. The van der Waals surface area contributed by atoms with Gasteiger partial charge in [0.1, 0.15) is 12.2 Å². The number of carbonyl (C=O) groups is 2. The van der Waals surface area contributed by atoms with Crippen LogP contribution in [0.4, 0.5) is 0 Å². The zero-order valence-electron chi connectivity index (χ0n) is 12.5. The predicted octanol–water partition coefficient (Wildman–Crippen LogP) is -2.61. The second-order valence-electron chi connectivity index (χ2n) is 5.27. The molecule has 2 fully saturated rings. The summed E-state index contributed by atoms with van der Waals surface area (Å²) in [5.74, 6) is -3.98. The predicted molar refractivity (Wildman–Crippen MR) is 65.6 cm³/mol. The first-order valence-electron chi connectivity index (χ1n) is 6.08. The summed E-state index contributed by atoms with van der Waals surface area (Å²) in [5, 5.41) is 20.3. The van der Waals surface area contributed by atoms with E-state index in [9.17, 15) is 19.8 Å². The molecule has 0 N–H and O–H groups in total. The van der Waals surface area contributed by atoms with Gasteiger partial charge in [0.2, 0.25) is 0 Å². The summed E-state index contributed by atoms with van der Waals surface area (Å²) in [4.78, 5) is 20.3. The van der Waals surface area contributed by atoms with E-state index in [4.69, 9.17) is 18.9 Å². The number of aliphatic carboxylic acids is 2. The summed E-state index contributed by atoms with van der Waals surface area (Å²) in [6, 6.07) is 0. The Bertz CT molecular complexity index is 345. The number of carbonyl (C=O) groups excluding carboxylic acids is 2. The van der Waals surface area contributed by atoms with Crippen LogP contribution in [0.5, 0.6) is 0 Å². The third kappa shape index (κ3) is 6.89. The Hall–Kier alpha value is -0.454. The quantitative estimate of drug-likeness (QED) is 0.509. The minimum atomic E-state index is -1.22. The Morgan fingerprint density at radius 3 is 1.24 bits per heavy atom. The molecule has 0 spiro atoms. The maximum atomic E-state index is 10.2. The molecular weight excluding hydrogens is 296 g/mol. The maximum absolute atomic E-state index is 10.2. The van der Waals surface area contributed by atoms with Crippen molar-refractivity contribution in [2.75, 3.05) is 13.2 Å². The Labute approximate surface area is 138 Å². The molecule has 2 atom stereocenters. The number of carboxylic acids is 2. The number of ether oxygens (including phenoxy) is 4. The molecule has 2 aliphatic heterocycles. The van der Waals surface area contributed by atoms with Crippen LogP contribution in [0.1, 0.15) is 27.7 Å². The van der Waals surface area contributed by atoms with Crippen molar-refractivity contribution < 1.29 is 38.7 Å². The molecule has 0 saturated carbocycles. The summed E-state index contributed by atoms with van der Waals surface area (Å²) < 4.78 is 19.8. The van der Waals surface area contributed by atoms with Crippen LogP contribution in [-0.4, -0.2) is 72.0 Å². The molecule has 0 aromatic carbocycles. The molecule has 0 bridgehead atoms. The fourth-order valence-electron chi connectivity index (χ4n) is 1.61. The minimum Gasteiger partial charge on any atom is -0.547 e. The fourth-order valence-corrected chi connectivity index (χ4v) is 1.61. The van der Waals surface area contributed by atoms with Gasteiger partial charge in [-0.3, -0.25) is 0 Å². The molecule has 0 aromatic heterocycles. The van der Waals surface area contributed by atoms with Crippen LogP contribution in [0, 0.1) is 0 Å². The molecule has 2 heterocycles. The number of hydrogen-bond acceptors (Lipinski definition) is 8. The van der Waals surface area contributed by atoms with Gasteiger partial charge in [0, 0.05) is 0 Å². The van der Waals surface area contributed by atoms with Gasteiger partial charge in [0.05, 0.1) is 25.2 Å². The van der Waals surface area contributed by atoms with Crippen molar-refractivity contribution in [1.29, 1.82) is 0 Å². The Kier molecular flexibility index (Phi) is 7.53. The summed E-state index contributed by atoms with van der Waals surface area (Å²) in [6.07, 6.45) is -1.81. The zero-order chi connectivity index (χ0) is 15.6. The third-order valence-corrected chi connectivity index (χ3v) is 2.54. The van der Waals surface area contributed by atoms with Crippen LogP contribution < -0.4 is 10.2 Å². The van der Waals surface area contributed by atoms with Gasteiger partial charge in [-0.2, -0.15) is 0 Å². The van der Waals surface area contributed by atoms with E-state index in [0.717, 1.165) is 0 Å². The second kappa shape index (κ2) is 7.70. The number of rotatable bonds is 2. The van der Waals surface area contributed by atoms with E-state index in [1.807, 2.05) is 0 Å². The van der Waals surface area contributed by atoms with Gasteiger partial charge < -0.3 is 38.7 Å². The van der Waals surface area contributed by atoms with Gasteiger partial charge in [0.15, 0.2) is 11.6 Å². The van der Waals surface area contributed by atoms with Crippen LogP contribution >= 0.6 is 0 Å². The Balaban J connectivity index is 0.000000364. The molecule has 9 heteroatoms. The average molecular weight is 315 g/mol. The van der Waals surface area contributed by atoms with Crippen LogP contribution in [0.3, 0.4) is 0 Å². The standard InChI is InChI=1S/2C6H10O4.Mg/c2*1-6(2)9-3-4(10-6)5(7)8;/h2*4H,3H2,1-2H3,(H,7,8);/q;;+2/p-2. The monoisotopic (exact) mass is 314 g/mol. The molecule has 0 radical (unpaired) electrons. The smallest absolute Gasteiger partial charge is 0.547 e. The molecule has 2 unspecified atom stereocenters. The summed E-state index contributed by atoms with van der Waals surface area (Å²) in [6.45, 7) is 6.81. The SMILES string of the molecule is CC1(C)OCC(C(=O)[O-])O1.CC1(C)OCC(C(=O)[O-])O1.[Mg+2]. The van der Waals surface area contributed by atoms with Gasteiger partial charge in [-0.15, -0.1) is 0 Å². The first-order valence-corrected chi connectivity index (χ1v) is 6.08. The van der Waals surface area contributed by atoms with E-state index in [1.165, 1.54) is 0 Å². The average Bonchev–Trinajstić information content (AvgIpc) is 2.82. The molecule has 21 heavy (non-hydrogen) atoms. The molecule has 0 aromatic rings. The molecule has 116 valence electrons. The molecule has 2 saturated heterocycles. The van der Waals surface area contributed by atoms with E-state index in [-0.39, 0.29) is 36.3 Å². The van der Waals surface area contributed by atoms with Crippen LogP contribution in [0.25, 0.3) is 0 Å². The van der Waals surface area contributed by atoms with Crippen molar-refractivity contribution in [2.45, 2.75) is 51.5 Å². The molecule has 2 rings (SSSR count). The zero-order valence-corrected chi connectivity index (χ0v) is 14.0. The van der Waals surface area contributed by atoms with E-state index in [2.05, 4.69) is 0 Å². The van der Waals surface area contributed by atoms with Crippen molar-refractivity contribution in [1.82, 2.24) is 0 Å². The van der Waals surface area contributed by atoms with Gasteiger partial charge in [-0.05, 0) is 27.7 Å². The first kappa shape index (κ1) is 20.5. The molecule has 0 aliphatic carbocycles. The van der Waals surface area contributed by atoms with Crippen molar-refractivity contribution in [3.05, 3.63) is 0 Å². The molecule has 2 aliphatic rings. The van der Waals surface area contributed by atoms with E-state index < -0.39 is 35.7 Å². The normalized spacial score (nSPS) is 29.0. The number of carboxylic acid groups (broad SMARTS) is 2. The summed E-state index contributed by atoms with van der Waals surface area (Å²) in [5.41, 5.74) is 0. The van der Waals surface area contributed by atoms with E-state index in [0.29, 0.717) is 0 Å². The van der Waals surface area contributed by atoms with Crippen molar-refractivity contribution in [2.24, 2.45) is 0 Å². The largest absolute Gasteiger partial charge is 2.00 e. The minimum absolute atomic E-state index is 0. The molecule has 0 amide bonds. The van der Waals surface area contributed by atoms with Crippen molar-refractivity contribution in [3.8, 4) is 0 Å². The van der Waals surface area contributed by atoms with Crippen molar-refractivity contribution >= 4 is 35.0 Å². The number of hydrogen-bond donors (Lipinski definition) is 0. The second-order valence-corrected chi connectivity index (χ2v) is 5.27. The van der Waals surface area contributed by atoms with Crippen LogP contribution in [0.2, 0.25) is 0 Å².